The van der Waals surface area contributed by atoms with Gasteiger partial charge in [-0.1, -0.05) is 17.7 Å². The van der Waals surface area contributed by atoms with Crippen LogP contribution in [0.25, 0.3) is 0 Å². The van der Waals surface area contributed by atoms with Gasteiger partial charge in [-0.15, -0.1) is 0 Å². The number of hydrogen-bond acceptors (Lipinski definition) is 4. The molecule has 0 heterocycles. The molecule has 0 amide bonds. The van der Waals surface area contributed by atoms with Crippen molar-refractivity contribution >= 4 is 21.6 Å². The molecule has 0 saturated heterocycles. The van der Waals surface area contributed by atoms with E-state index in [1.54, 1.807) is 19.2 Å². The summed E-state index contributed by atoms with van der Waals surface area (Å²) in [6.07, 6.45) is 1.52. The van der Waals surface area contributed by atoms with Gasteiger partial charge in [0.2, 0.25) is 10.0 Å². The summed E-state index contributed by atoms with van der Waals surface area (Å²) >= 11 is 5.99. The monoisotopic (exact) mass is 304 g/mol. The van der Waals surface area contributed by atoms with Gasteiger partial charge in [-0.05, 0) is 30.5 Å². The van der Waals surface area contributed by atoms with E-state index in [0.717, 1.165) is 5.56 Å². The lowest BCUT2D eigenvalue weighted by atomic mass is 9.90. The van der Waals surface area contributed by atoms with Crippen LogP contribution in [0.2, 0.25) is 5.02 Å². The summed E-state index contributed by atoms with van der Waals surface area (Å²) in [4.78, 5) is 0.0900. The Morgan fingerprint density at radius 1 is 1.47 bits per heavy atom. The van der Waals surface area contributed by atoms with Crippen LogP contribution in [0.3, 0.4) is 0 Å². The van der Waals surface area contributed by atoms with Gasteiger partial charge < -0.3 is 10.5 Å². The summed E-state index contributed by atoms with van der Waals surface area (Å²) in [7, 11) is -1.96. The van der Waals surface area contributed by atoms with Crippen LogP contribution in [0.4, 0.5) is 0 Å². The molecule has 7 heteroatoms. The molecule has 0 spiro atoms. The summed E-state index contributed by atoms with van der Waals surface area (Å²) in [6.45, 7) is 0.325. The number of rotatable bonds is 5. The van der Waals surface area contributed by atoms with Crippen LogP contribution in [-0.4, -0.2) is 27.7 Å². The van der Waals surface area contributed by atoms with E-state index in [9.17, 15) is 8.42 Å². The first-order chi connectivity index (χ1) is 8.96. The fraction of sp³-hybridized carbons (Fsp3) is 0.500. The molecular weight excluding hydrogens is 288 g/mol. The van der Waals surface area contributed by atoms with Crippen LogP contribution in [0.1, 0.15) is 18.4 Å². The zero-order chi connectivity index (χ0) is 14.0. The average Bonchev–Trinajstić information content (AvgIpc) is 2.32. The van der Waals surface area contributed by atoms with E-state index in [1.165, 1.54) is 6.07 Å². The zero-order valence-corrected chi connectivity index (χ0v) is 12.2. The van der Waals surface area contributed by atoms with Gasteiger partial charge >= 0.3 is 0 Å². The van der Waals surface area contributed by atoms with Crippen LogP contribution in [-0.2, 0) is 21.3 Å². The SMILES string of the molecule is COC1CC(NS(=O)(=O)c2ccc(CN)cc2Cl)C1. The third-order valence-electron chi connectivity index (χ3n) is 3.27. The number of benzene rings is 1. The fourth-order valence-electron chi connectivity index (χ4n) is 2.03. The molecule has 0 bridgehead atoms. The first kappa shape index (κ1) is 14.7. The highest BCUT2D eigenvalue weighted by Gasteiger charge is 2.33. The van der Waals surface area contributed by atoms with Crippen LogP contribution in [0.15, 0.2) is 23.1 Å². The Morgan fingerprint density at radius 2 is 2.16 bits per heavy atom. The van der Waals surface area contributed by atoms with E-state index >= 15 is 0 Å². The van der Waals surface area contributed by atoms with Gasteiger partial charge in [0.25, 0.3) is 0 Å². The van der Waals surface area contributed by atoms with Crippen LogP contribution >= 0.6 is 11.6 Å². The highest BCUT2D eigenvalue weighted by molar-refractivity contribution is 7.89. The number of nitrogens with one attached hydrogen (secondary N) is 1. The van der Waals surface area contributed by atoms with Gasteiger partial charge in [-0.25, -0.2) is 13.1 Å². The quantitative estimate of drug-likeness (QED) is 0.858. The smallest absolute Gasteiger partial charge is 0.242 e. The molecule has 19 heavy (non-hydrogen) atoms. The highest BCUT2D eigenvalue weighted by atomic mass is 35.5. The Balaban J connectivity index is 2.12. The van der Waals surface area contributed by atoms with Crippen LogP contribution in [0.5, 0.6) is 0 Å². The molecule has 1 aromatic carbocycles. The van der Waals surface area contributed by atoms with Crippen molar-refractivity contribution in [2.24, 2.45) is 5.73 Å². The third kappa shape index (κ3) is 3.27. The number of nitrogens with two attached hydrogens (primary N) is 1. The van der Waals surface area contributed by atoms with Gasteiger partial charge in [-0.3, -0.25) is 0 Å². The Morgan fingerprint density at radius 3 is 2.68 bits per heavy atom. The molecule has 106 valence electrons. The van der Waals surface area contributed by atoms with Crippen LogP contribution in [0, 0.1) is 0 Å². The van der Waals surface area contributed by atoms with Crippen molar-refractivity contribution in [2.45, 2.75) is 36.4 Å². The molecule has 0 unspecified atom stereocenters. The lowest BCUT2D eigenvalue weighted by Crippen LogP contribution is -2.47. The van der Waals surface area contributed by atoms with Crippen molar-refractivity contribution in [3.05, 3.63) is 28.8 Å². The lowest BCUT2D eigenvalue weighted by molar-refractivity contribution is 0.0236. The third-order valence-corrected chi connectivity index (χ3v) is 5.27. The Hall–Kier alpha value is -0.660. The summed E-state index contributed by atoms with van der Waals surface area (Å²) in [5.41, 5.74) is 6.28. The molecule has 1 aliphatic carbocycles. The number of ether oxygens (including phenoxy) is 1. The van der Waals surface area contributed by atoms with Gasteiger partial charge in [0.05, 0.1) is 11.1 Å². The summed E-state index contributed by atoms with van der Waals surface area (Å²) < 4.78 is 32.1. The van der Waals surface area contributed by atoms with Crippen molar-refractivity contribution in [3.8, 4) is 0 Å². The molecule has 1 aromatic rings. The molecular formula is C12H17ClN2O3S. The highest BCUT2D eigenvalue weighted by Crippen LogP contribution is 2.27. The molecule has 1 fully saturated rings. The minimum atomic E-state index is -3.59. The maximum absolute atomic E-state index is 12.2. The van der Waals surface area contributed by atoms with E-state index in [-0.39, 0.29) is 22.1 Å². The number of methoxy groups -OCH3 is 1. The molecule has 1 aliphatic rings. The van der Waals surface area contributed by atoms with Crippen LogP contribution < -0.4 is 10.5 Å². The van der Waals surface area contributed by atoms with E-state index in [0.29, 0.717) is 19.4 Å². The maximum Gasteiger partial charge on any atom is 0.242 e. The molecule has 0 atom stereocenters. The van der Waals surface area contributed by atoms with Gasteiger partial charge in [0, 0.05) is 19.7 Å². The standard InChI is InChI=1S/C12H17ClN2O3S/c1-18-10-5-9(6-10)15-19(16,17)12-3-2-8(7-14)4-11(12)13/h2-4,9-10,15H,5-7,14H2,1H3. The zero-order valence-electron chi connectivity index (χ0n) is 10.6. The summed E-state index contributed by atoms with van der Waals surface area (Å²) in [5, 5.41) is 0.193. The van der Waals surface area contributed by atoms with E-state index < -0.39 is 10.0 Å². The van der Waals surface area contributed by atoms with E-state index in [1.807, 2.05) is 0 Å². The number of sulfonamides is 1. The molecule has 0 aromatic heterocycles. The van der Waals surface area contributed by atoms with Gasteiger partial charge in [0.1, 0.15) is 4.90 Å². The predicted octanol–water partition coefficient (Wildman–Crippen LogP) is 1.25. The summed E-state index contributed by atoms with van der Waals surface area (Å²) in [5.74, 6) is 0. The second-order valence-corrected chi connectivity index (χ2v) is 6.71. The normalized spacial score (nSPS) is 23.1. The Bertz CT molecular complexity index is 556. The van der Waals surface area contributed by atoms with Gasteiger partial charge in [-0.2, -0.15) is 0 Å². The molecule has 3 N–H and O–H groups in total. The second-order valence-electron chi connectivity index (χ2n) is 4.62. The fourth-order valence-corrected chi connectivity index (χ4v) is 3.86. The largest absolute Gasteiger partial charge is 0.381 e. The molecule has 0 radical (unpaired) electrons. The van der Waals surface area contributed by atoms with E-state index in [4.69, 9.17) is 22.1 Å². The second kappa shape index (κ2) is 5.76. The topological polar surface area (TPSA) is 81.4 Å². The van der Waals surface area contributed by atoms with E-state index in [2.05, 4.69) is 4.72 Å². The molecule has 0 aliphatic heterocycles. The molecule has 1 saturated carbocycles. The first-order valence-electron chi connectivity index (χ1n) is 6.00. The van der Waals surface area contributed by atoms with Crippen molar-refractivity contribution < 1.29 is 13.2 Å². The average molecular weight is 305 g/mol. The minimum Gasteiger partial charge on any atom is -0.381 e. The summed E-state index contributed by atoms with van der Waals surface area (Å²) in [6, 6.07) is 4.65. The first-order valence-corrected chi connectivity index (χ1v) is 7.86. The van der Waals surface area contributed by atoms with Crippen molar-refractivity contribution in [2.75, 3.05) is 7.11 Å². The van der Waals surface area contributed by atoms with Crippen molar-refractivity contribution in [3.63, 3.8) is 0 Å². The van der Waals surface area contributed by atoms with Crippen molar-refractivity contribution in [1.82, 2.24) is 4.72 Å². The minimum absolute atomic E-state index is 0.0831. The molecule has 5 nitrogen and oxygen atoms in total. The molecule has 2 rings (SSSR count). The maximum atomic E-state index is 12.2. The lowest BCUT2D eigenvalue weighted by Gasteiger charge is -2.34. The number of halogens is 1. The Labute approximate surface area is 118 Å². The Kier molecular flexibility index (Phi) is 4.47. The predicted molar refractivity (Wildman–Crippen MR) is 73.5 cm³/mol. The van der Waals surface area contributed by atoms with Crippen molar-refractivity contribution in [1.29, 1.82) is 0 Å². The van der Waals surface area contributed by atoms with Gasteiger partial charge in [0.15, 0.2) is 0 Å². The number of hydrogen-bond donors (Lipinski definition) is 2.